The summed E-state index contributed by atoms with van der Waals surface area (Å²) in [5, 5.41) is 15.7. The fourth-order valence-corrected chi connectivity index (χ4v) is 2.38. The summed E-state index contributed by atoms with van der Waals surface area (Å²) in [5.41, 5.74) is 1.92. The van der Waals surface area contributed by atoms with Crippen LogP contribution in [0.15, 0.2) is 30.3 Å². The van der Waals surface area contributed by atoms with E-state index in [0.717, 1.165) is 23.4 Å². The summed E-state index contributed by atoms with van der Waals surface area (Å²) >= 11 is 5.98. The van der Waals surface area contributed by atoms with Crippen molar-refractivity contribution in [3.63, 3.8) is 0 Å². The largest absolute Gasteiger partial charge is 0.385 e. The monoisotopic (exact) mass is 278 g/mol. The van der Waals surface area contributed by atoms with Gasteiger partial charge >= 0.3 is 0 Å². The molecule has 4 heteroatoms. The summed E-state index contributed by atoms with van der Waals surface area (Å²) in [6.45, 7) is 3.87. The molecule has 19 heavy (non-hydrogen) atoms. The molecule has 2 rings (SSSR count). The van der Waals surface area contributed by atoms with Gasteiger partial charge in [-0.15, -0.1) is 0 Å². The van der Waals surface area contributed by atoms with Crippen molar-refractivity contribution in [2.24, 2.45) is 7.05 Å². The Bertz CT molecular complexity index is 575. The van der Waals surface area contributed by atoms with Gasteiger partial charge in [-0.25, -0.2) is 0 Å². The molecule has 1 heterocycles. The van der Waals surface area contributed by atoms with Crippen molar-refractivity contribution in [1.82, 2.24) is 9.78 Å². The smallest absolute Gasteiger partial charge is 0.0924 e. The quantitative estimate of drug-likeness (QED) is 0.933. The van der Waals surface area contributed by atoms with E-state index in [0.29, 0.717) is 11.4 Å². The van der Waals surface area contributed by atoms with Crippen LogP contribution in [-0.4, -0.2) is 14.9 Å². The number of hydrogen-bond acceptors (Lipinski definition) is 2. The Morgan fingerprint density at radius 2 is 2.11 bits per heavy atom. The number of rotatable bonds is 4. The zero-order valence-corrected chi connectivity index (χ0v) is 12.3. The molecule has 1 unspecified atom stereocenters. The van der Waals surface area contributed by atoms with Gasteiger partial charge in [0.1, 0.15) is 0 Å². The lowest BCUT2D eigenvalue weighted by molar-refractivity contribution is 0.0556. The maximum absolute atomic E-state index is 10.7. The third-order valence-electron chi connectivity index (χ3n) is 3.36. The highest BCUT2D eigenvalue weighted by molar-refractivity contribution is 6.30. The van der Waals surface area contributed by atoms with Gasteiger partial charge in [-0.2, -0.15) is 5.10 Å². The van der Waals surface area contributed by atoms with E-state index >= 15 is 0 Å². The molecule has 3 nitrogen and oxygen atoms in total. The van der Waals surface area contributed by atoms with Gasteiger partial charge < -0.3 is 5.11 Å². The molecule has 0 spiro atoms. The summed E-state index contributed by atoms with van der Waals surface area (Å²) in [6, 6.07) is 9.40. The van der Waals surface area contributed by atoms with Crippen molar-refractivity contribution in [3.8, 4) is 0 Å². The number of nitrogens with zero attached hydrogens (tertiary/aromatic N) is 2. The Labute approximate surface area is 118 Å². The highest BCUT2D eigenvalue weighted by Gasteiger charge is 2.25. The van der Waals surface area contributed by atoms with Crippen LogP contribution < -0.4 is 0 Å². The van der Waals surface area contributed by atoms with Crippen molar-refractivity contribution in [2.45, 2.75) is 32.3 Å². The summed E-state index contributed by atoms with van der Waals surface area (Å²) in [5.74, 6) is 0. The molecule has 0 amide bonds. The number of benzene rings is 1. The molecule has 0 fully saturated rings. The summed E-state index contributed by atoms with van der Waals surface area (Å²) < 4.78 is 1.83. The van der Waals surface area contributed by atoms with E-state index in [4.69, 9.17) is 11.6 Å². The number of halogens is 1. The van der Waals surface area contributed by atoms with Crippen LogP contribution in [0, 0.1) is 0 Å². The predicted molar refractivity (Wildman–Crippen MR) is 77.3 cm³/mol. The van der Waals surface area contributed by atoms with E-state index in [2.05, 4.69) is 12.0 Å². The van der Waals surface area contributed by atoms with Crippen molar-refractivity contribution in [3.05, 3.63) is 52.3 Å². The van der Waals surface area contributed by atoms with E-state index in [9.17, 15) is 5.11 Å². The Hall–Kier alpha value is -1.32. The van der Waals surface area contributed by atoms with Gasteiger partial charge in [0.05, 0.1) is 11.3 Å². The highest BCUT2D eigenvalue weighted by Crippen LogP contribution is 2.27. The molecule has 1 aromatic carbocycles. The number of aromatic nitrogens is 2. The average Bonchev–Trinajstić information content (AvgIpc) is 2.70. The first-order valence-electron chi connectivity index (χ1n) is 6.42. The third kappa shape index (κ3) is 3.17. The van der Waals surface area contributed by atoms with Crippen molar-refractivity contribution in [1.29, 1.82) is 0 Å². The number of aryl methyl sites for hydroxylation is 2. The fraction of sp³-hybridized carbons (Fsp3) is 0.400. The molecule has 102 valence electrons. The molecule has 1 aromatic heterocycles. The minimum absolute atomic E-state index is 0.511. The third-order valence-corrected chi connectivity index (χ3v) is 3.60. The van der Waals surface area contributed by atoms with Crippen LogP contribution in [0.2, 0.25) is 5.02 Å². The molecule has 0 radical (unpaired) electrons. The van der Waals surface area contributed by atoms with Gasteiger partial charge in [0.15, 0.2) is 0 Å². The van der Waals surface area contributed by atoms with E-state index in [1.165, 1.54) is 0 Å². The Morgan fingerprint density at radius 3 is 2.68 bits per heavy atom. The summed E-state index contributed by atoms with van der Waals surface area (Å²) in [4.78, 5) is 0. The lowest BCUT2D eigenvalue weighted by Gasteiger charge is -2.24. The molecule has 0 aliphatic carbocycles. The molecule has 0 saturated carbocycles. The van der Waals surface area contributed by atoms with Gasteiger partial charge in [0.2, 0.25) is 0 Å². The van der Waals surface area contributed by atoms with Gasteiger partial charge in [-0.1, -0.05) is 30.7 Å². The van der Waals surface area contributed by atoms with E-state index < -0.39 is 5.60 Å². The first kappa shape index (κ1) is 14.1. The van der Waals surface area contributed by atoms with Crippen LogP contribution in [0.5, 0.6) is 0 Å². The molecule has 0 aliphatic heterocycles. The minimum Gasteiger partial charge on any atom is -0.385 e. The second-order valence-corrected chi connectivity index (χ2v) is 5.50. The molecule has 0 saturated heterocycles. The van der Waals surface area contributed by atoms with Crippen LogP contribution in [0.3, 0.4) is 0 Å². The van der Waals surface area contributed by atoms with Crippen LogP contribution in [0.4, 0.5) is 0 Å². The maximum atomic E-state index is 10.7. The van der Waals surface area contributed by atoms with Crippen molar-refractivity contribution >= 4 is 11.6 Å². The lowest BCUT2D eigenvalue weighted by Crippen LogP contribution is -2.25. The predicted octanol–water partition coefficient (Wildman–Crippen LogP) is 3.09. The van der Waals surface area contributed by atoms with E-state index in [-0.39, 0.29) is 0 Å². The fourth-order valence-electron chi connectivity index (χ4n) is 2.19. The topological polar surface area (TPSA) is 38.0 Å². The zero-order valence-electron chi connectivity index (χ0n) is 11.5. The molecule has 0 bridgehead atoms. The Kier molecular flexibility index (Phi) is 3.97. The van der Waals surface area contributed by atoms with Gasteiger partial charge in [0, 0.05) is 24.2 Å². The van der Waals surface area contributed by atoms with Crippen LogP contribution >= 0.6 is 11.6 Å². The normalized spacial score (nSPS) is 14.4. The number of hydrogen-bond donors (Lipinski definition) is 1. The maximum Gasteiger partial charge on any atom is 0.0924 e. The van der Waals surface area contributed by atoms with Crippen LogP contribution in [-0.2, 0) is 25.5 Å². The van der Waals surface area contributed by atoms with Crippen molar-refractivity contribution < 1.29 is 5.11 Å². The molecular weight excluding hydrogens is 260 g/mol. The first-order chi connectivity index (χ1) is 8.92. The molecule has 1 N–H and O–H groups in total. The molecule has 2 aromatic rings. The second kappa shape index (κ2) is 5.35. The average molecular weight is 279 g/mol. The first-order valence-corrected chi connectivity index (χ1v) is 6.80. The Balaban J connectivity index is 2.27. The van der Waals surface area contributed by atoms with Crippen LogP contribution in [0.1, 0.15) is 30.8 Å². The van der Waals surface area contributed by atoms with Gasteiger partial charge in [-0.3, -0.25) is 4.68 Å². The molecule has 1 atom stereocenters. The van der Waals surface area contributed by atoms with E-state index in [1.807, 2.05) is 29.9 Å². The highest BCUT2D eigenvalue weighted by atomic mass is 35.5. The summed E-state index contributed by atoms with van der Waals surface area (Å²) in [7, 11) is 1.91. The van der Waals surface area contributed by atoms with Crippen LogP contribution in [0.25, 0.3) is 0 Å². The molecular formula is C15H19ClN2O. The second-order valence-electron chi connectivity index (χ2n) is 5.07. The lowest BCUT2D eigenvalue weighted by atomic mass is 9.91. The van der Waals surface area contributed by atoms with Gasteiger partial charge in [0.25, 0.3) is 0 Å². The zero-order chi connectivity index (χ0) is 14.0. The minimum atomic E-state index is -0.955. The van der Waals surface area contributed by atoms with Gasteiger partial charge in [-0.05, 0) is 37.1 Å². The Morgan fingerprint density at radius 1 is 1.37 bits per heavy atom. The number of aliphatic hydroxyl groups is 1. The van der Waals surface area contributed by atoms with Crippen molar-refractivity contribution in [2.75, 3.05) is 0 Å². The summed E-state index contributed by atoms with van der Waals surface area (Å²) in [6.07, 6.45) is 1.41. The SMILES string of the molecule is CCc1cc(CC(C)(O)c2cccc(Cl)c2)n(C)n1. The van der Waals surface area contributed by atoms with E-state index in [1.54, 1.807) is 19.1 Å². The molecule has 0 aliphatic rings. The standard InChI is InChI=1S/C15H19ClN2O/c1-4-13-9-14(18(3)17-13)10-15(2,19)11-6-5-7-12(16)8-11/h5-9,19H,4,10H2,1-3H3.